The van der Waals surface area contributed by atoms with Gasteiger partial charge in [0.2, 0.25) is 0 Å². The first-order valence-electron chi connectivity index (χ1n) is 6.89. The number of carbonyl (C=O) groups is 1. The molecule has 3 rings (SSSR count). The first kappa shape index (κ1) is 13.0. The second-order valence-electron chi connectivity index (χ2n) is 5.12. The summed E-state index contributed by atoms with van der Waals surface area (Å²) in [7, 11) is 0. The van der Waals surface area contributed by atoms with Crippen LogP contribution < -0.4 is 5.73 Å². The van der Waals surface area contributed by atoms with Crippen LogP contribution in [0.1, 0.15) is 29.8 Å². The van der Waals surface area contributed by atoms with Crippen LogP contribution in [0.2, 0.25) is 0 Å². The van der Waals surface area contributed by atoms with E-state index >= 15 is 0 Å². The van der Waals surface area contributed by atoms with E-state index in [-0.39, 0.29) is 12.1 Å². The molecule has 1 aliphatic heterocycles. The Hall–Kier alpha value is -2.01. The fraction of sp³-hybridized carbons (Fsp3) is 0.400. The van der Waals surface area contributed by atoms with Crippen LogP contribution in [-0.2, 0) is 9.47 Å². The largest absolute Gasteiger partial charge is 0.458 e. The van der Waals surface area contributed by atoms with Crippen LogP contribution in [0.5, 0.6) is 0 Å². The zero-order valence-electron chi connectivity index (χ0n) is 11.2. The van der Waals surface area contributed by atoms with Gasteiger partial charge in [-0.25, -0.2) is 4.79 Å². The molecule has 2 aromatic rings. The maximum atomic E-state index is 12.0. The molecule has 1 aromatic carbocycles. The lowest BCUT2D eigenvalue weighted by molar-refractivity contribution is -0.0302. The third-order valence-electron chi connectivity index (χ3n) is 3.54. The molecule has 5 heteroatoms. The summed E-state index contributed by atoms with van der Waals surface area (Å²) in [4.78, 5) is 15.0. The number of anilines is 1. The van der Waals surface area contributed by atoms with E-state index in [9.17, 15) is 4.79 Å². The Morgan fingerprint density at radius 2 is 2.30 bits per heavy atom. The summed E-state index contributed by atoms with van der Waals surface area (Å²) in [5, 5.41) is 0.908. The highest BCUT2D eigenvalue weighted by atomic mass is 16.6. The molecule has 1 fully saturated rings. The van der Waals surface area contributed by atoms with Crippen molar-refractivity contribution in [2.75, 3.05) is 18.9 Å². The number of aromatic nitrogens is 1. The Balaban J connectivity index is 1.65. The first-order valence-corrected chi connectivity index (χ1v) is 6.89. The Morgan fingerprint density at radius 3 is 3.10 bits per heavy atom. The fourth-order valence-electron chi connectivity index (χ4n) is 2.45. The molecule has 0 amide bonds. The highest BCUT2D eigenvalue weighted by Crippen LogP contribution is 2.19. The summed E-state index contributed by atoms with van der Waals surface area (Å²) in [6.45, 7) is 1.07. The Morgan fingerprint density at radius 1 is 1.40 bits per heavy atom. The smallest absolute Gasteiger partial charge is 0.354 e. The van der Waals surface area contributed by atoms with Crippen LogP contribution in [-0.4, -0.2) is 30.3 Å². The van der Waals surface area contributed by atoms with Crippen molar-refractivity contribution in [3.63, 3.8) is 0 Å². The average Bonchev–Trinajstić information content (AvgIpc) is 2.89. The number of nitrogens with two attached hydrogens (primary N) is 1. The number of H-pyrrole nitrogens is 1. The number of hydrogen-bond acceptors (Lipinski definition) is 4. The molecule has 3 N–H and O–H groups in total. The van der Waals surface area contributed by atoms with Crippen molar-refractivity contribution in [1.29, 1.82) is 0 Å². The lowest BCUT2D eigenvalue weighted by Crippen LogP contribution is -2.26. The quantitative estimate of drug-likeness (QED) is 0.666. The number of rotatable bonds is 3. The van der Waals surface area contributed by atoms with E-state index in [1.54, 1.807) is 12.1 Å². The summed E-state index contributed by atoms with van der Waals surface area (Å²) in [5.41, 5.74) is 7.71. The van der Waals surface area contributed by atoms with Gasteiger partial charge in [-0.05, 0) is 43.5 Å². The Labute approximate surface area is 117 Å². The van der Waals surface area contributed by atoms with Crippen molar-refractivity contribution in [2.24, 2.45) is 0 Å². The van der Waals surface area contributed by atoms with Gasteiger partial charge >= 0.3 is 5.97 Å². The van der Waals surface area contributed by atoms with Crippen molar-refractivity contribution in [3.8, 4) is 0 Å². The normalized spacial score (nSPS) is 19.1. The molecular weight excluding hydrogens is 256 g/mol. The van der Waals surface area contributed by atoms with Gasteiger partial charge < -0.3 is 20.2 Å². The van der Waals surface area contributed by atoms with Gasteiger partial charge in [0.1, 0.15) is 12.3 Å². The van der Waals surface area contributed by atoms with Gasteiger partial charge in [-0.3, -0.25) is 0 Å². The fourth-order valence-corrected chi connectivity index (χ4v) is 2.45. The van der Waals surface area contributed by atoms with Crippen molar-refractivity contribution < 1.29 is 14.3 Å². The van der Waals surface area contributed by atoms with Crippen molar-refractivity contribution >= 4 is 22.6 Å². The molecular formula is C15H18N2O3. The monoisotopic (exact) mass is 274 g/mol. The number of aromatic amines is 1. The van der Waals surface area contributed by atoms with Crippen LogP contribution in [0, 0.1) is 0 Å². The van der Waals surface area contributed by atoms with Gasteiger partial charge in [0.25, 0.3) is 0 Å². The topological polar surface area (TPSA) is 77.3 Å². The summed E-state index contributed by atoms with van der Waals surface area (Å²) in [6.07, 6.45) is 3.21. The molecule has 1 aromatic heterocycles. The zero-order chi connectivity index (χ0) is 13.9. The van der Waals surface area contributed by atoms with Gasteiger partial charge in [-0.1, -0.05) is 0 Å². The molecule has 1 aliphatic rings. The van der Waals surface area contributed by atoms with Gasteiger partial charge in [0.05, 0.1) is 6.10 Å². The minimum atomic E-state index is -0.353. The number of nitrogens with one attached hydrogen (secondary N) is 1. The molecule has 1 saturated heterocycles. The third kappa shape index (κ3) is 2.77. The maximum Gasteiger partial charge on any atom is 0.354 e. The molecule has 0 saturated carbocycles. The van der Waals surface area contributed by atoms with E-state index in [1.807, 2.05) is 12.1 Å². The molecule has 0 spiro atoms. The Kier molecular flexibility index (Phi) is 3.60. The lowest BCUT2D eigenvalue weighted by atomic mass is 10.1. The van der Waals surface area contributed by atoms with Gasteiger partial charge in [0.15, 0.2) is 0 Å². The SMILES string of the molecule is Nc1ccc2[nH]c(C(=O)OCC3CCCCO3)cc2c1. The number of ether oxygens (including phenoxy) is 2. The van der Waals surface area contributed by atoms with Crippen molar-refractivity contribution in [1.82, 2.24) is 4.98 Å². The summed E-state index contributed by atoms with van der Waals surface area (Å²) >= 11 is 0. The second kappa shape index (κ2) is 5.54. The minimum Gasteiger partial charge on any atom is -0.458 e. The number of fused-ring (bicyclic) bond motifs is 1. The second-order valence-corrected chi connectivity index (χ2v) is 5.12. The molecule has 106 valence electrons. The van der Waals surface area contributed by atoms with Crippen LogP contribution in [0.25, 0.3) is 10.9 Å². The molecule has 20 heavy (non-hydrogen) atoms. The molecule has 1 unspecified atom stereocenters. The van der Waals surface area contributed by atoms with Crippen LogP contribution >= 0.6 is 0 Å². The molecule has 5 nitrogen and oxygen atoms in total. The van der Waals surface area contributed by atoms with E-state index in [4.69, 9.17) is 15.2 Å². The van der Waals surface area contributed by atoms with Crippen molar-refractivity contribution in [2.45, 2.75) is 25.4 Å². The van der Waals surface area contributed by atoms with Crippen LogP contribution in [0.3, 0.4) is 0 Å². The molecule has 0 bridgehead atoms. The van der Waals surface area contributed by atoms with E-state index in [0.717, 1.165) is 36.8 Å². The lowest BCUT2D eigenvalue weighted by Gasteiger charge is -2.21. The standard InChI is InChI=1S/C15H18N2O3/c16-11-4-5-13-10(7-11)8-14(17-13)15(18)20-9-12-3-1-2-6-19-12/h4-5,7-8,12,17H,1-3,6,9,16H2. The minimum absolute atomic E-state index is 0.0349. The molecule has 1 atom stereocenters. The van der Waals surface area contributed by atoms with Gasteiger partial charge in [-0.15, -0.1) is 0 Å². The van der Waals surface area contributed by atoms with E-state index in [2.05, 4.69) is 4.98 Å². The van der Waals surface area contributed by atoms with Crippen molar-refractivity contribution in [3.05, 3.63) is 30.0 Å². The number of benzene rings is 1. The zero-order valence-corrected chi connectivity index (χ0v) is 11.2. The third-order valence-corrected chi connectivity index (χ3v) is 3.54. The molecule has 2 heterocycles. The highest BCUT2D eigenvalue weighted by Gasteiger charge is 2.17. The first-order chi connectivity index (χ1) is 9.72. The highest BCUT2D eigenvalue weighted by molar-refractivity contribution is 5.95. The van der Waals surface area contributed by atoms with E-state index in [0.29, 0.717) is 18.0 Å². The average molecular weight is 274 g/mol. The number of hydrogen-bond donors (Lipinski definition) is 2. The van der Waals surface area contributed by atoms with Gasteiger partial charge in [-0.2, -0.15) is 0 Å². The summed E-state index contributed by atoms with van der Waals surface area (Å²) in [5.74, 6) is -0.353. The summed E-state index contributed by atoms with van der Waals surface area (Å²) in [6, 6.07) is 7.23. The molecule has 0 aliphatic carbocycles. The van der Waals surface area contributed by atoms with Crippen LogP contribution in [0.15, 0.2) is 24.3 Å². The van der Waals surface area contributed by atoms with E-state index in [1.165, 1.54) is 0 Å². The predicted octanol–water partition coefficient (Wildman–Crippen LogP) is 2.48. The van der Waals surface area contributed by atoms with Crippen LogP contribution in [0.4, 0.5) is 5.69 Å². The van der Waals surface area contributed by atoms with E-state index < -0.39 is 0 Å². The maximum absolute atomic E-state index is 12.0. The number of carbonyl (C=O) groups excluding carboxylic acids is 1. The molecule has 0 radical (unpaired) electrons. The number of nitrogen functional groups attached to an aromatic ring is 1. The Bertz CT molecular complexity index is 615. The predicted molar refractivity (Wildman–Crippen MR) is 76.6 cm³/mol. The van der Waals surface area contributed by atoms with Gasteiger partial charge in [0, 0.05) is 23.2 Å². The number of esters is 1. The summed E-state index contributed by atoms with van der Waals surface area (Å²) < 4.78 is 10.8.